The second kappa shape index (κ2) is 9.50. The number of hydrogen-bond acceptors (Lipinski definition) is 2. The molecule has 0 aliphatic heterocycles. The van der Waals surface area contributed by atoms with E-state index >= 15 is 0 Å². The Balaban J connectivity index is 1.75. The SMILES string of the molecule is CC(CC(=O)NCc1ccc(COCC(F)(F)F)cc1)c1ccc(F)cc1. The highest BCUT2D eigenvalue weighted by molar-refractivity contribution is 5.76. The van der Waals surface area contributed by atoms with Gasteiger partial charge in [-0.25, -0.2) is 4.39 Å². The van der Waals surface area contributed by atoms with E-state index < -0.39 is 12.8 Å². The quantitative estimate of drug-likeness (QED) is 0.670. The first kappa shape index (κ1) is 20.9. The van der Waals surface area contributed by atoms with Gasteiger partial charge in [-0.15, -0.1) is 0 Å². The normalized spacial score (nSPS) is 12.6. The van der Waals surface area contributed by atoms with Gasteiger partial charge >= 0.3 is 6.18 Å². The average Bonchev–Trinajstić information content (AvgIpc) is 2.60. The van der Waals surface area contributed by atoms with E-state index in [1.807, 2.05) is 6.92 Å². The minimum absolute atomic E-state index is 0.0428. The van der Waals surface area contributed by atoms with Gasteiger partial charge in [-0.05, 0) is 34.7 Å². The van der Waals surface area contributed by atoms with Crippen LogP contribution in [0.4, 0.5) is 17.6 Å². The Morgan fingerprint density at radius 3 is 2.22 bits per heavy atom. The molecule has 1 amide bonds. The molecule has 0 aliphatic rings. The number of carbonyl (C=O) groups is 1. The molecule has 0 saturated heterocycles. The first-order chi connectivity index (χ1) is 12.7. The number of rotatable bonds is 8. The van der Waals surface area contributed by atoms with E-state index in [2.05, 4.69) is 10.1 Å². The Bertz CT molecular complexity index is 727. The zero-order valence-electron chi connectivity index (χ0n) is 14.9. The topological polar surface area (TPSA) is 38.3 Å². The summed E-state index contributed by atoms with van der Waals surface area (Å²) in [5, 5.41) is 2.80. The molecule has 0 radical (unpaired) electrons. The summed E-state index contributed by atoms with van der Waals surface area (Å²) in [6.45, 7) is 0.805. The number of carbonyl (C=O) groups excluding carboxylic acids is 1. The van der Waals surface area contributed by atoms with Gasteiger partial charge in [0.2, 0.25) is 5.91 Å². The molecule has 0 heterocycles. The molecule has 1 atom stereocenters. The first-order valence-corrected chi connectivity index (χ1v) is 8.47. The minimum atomic E-state index is -4.34. The molecule has 0 aromatic heterocycles. The number of ether oxygens (including phenoxy) is 1. The predicted octanol–water partition coefficient (Wildman–Crippen LogP) is 4.71. The van der Waals surface area contributed by atoms with Gasteiger partial charge in [0.25, 0.3) is 0 Å². The third kappa shape index (κ3) is 7.78. The van der Waals surface area contributed by atoms with Gasteiger partial charge in [-0.3, -0.25) is 4.79 Å². The van der Waals surface area contributed by atoms with Crippen LogP contribution in [0, 0.1) is 5.82 Å². The molecule has 27 heavy (non-hydrogen) atoms. The zero-order valence-corrected chi connectivity index (χ0v) is 14.9. The van der Waals surface area contributed by atoms with Crippen molar-refractivity contribution in [1.82, 2.24) is 5.32 Å². The molecule has 0 saturated carbocycles. The number of hydrogen-bond donors (Lipinski definition) is 1. The van der Waals surface area contributed by atoms with E-state index in [4.69, 9.17) is 0 Å². The van der Waals surface area contributed by atoms with Gasteiger partial charge in [-0.1, -0.05) is 43.3 Å². The lowest BCUT2D eigenvalue weighted by molar-refractivity contribution is -0.176. The fourth-order valence-electron chi connectivity index (χ4n) is 2.50. The molecule has 2 aromatic rings. The summed E-state index contributed by atoms with van der Waals surface area (Å²) in [6.07, 6.45) is -4.07. The molecular formula is C20H21F4NO2. The standard InChI is InChI=1S/C20H21F4NO2/c1-14(17-6-8-18(21)9-7-17)10-19(26)25-11-15-2-4-16(5-3-15)12-27-13-20(22,23)24/h2-9,14H,10-13H2,1H3,(H,25,26). The second-order valence-electron chi connectivity index (χ2n) is 6.36. The van der Waals surface area contributed by atoms with Crippen molar-refractivity contribution in [3.05, 3.63) is 71.0 Å². The monoisotopic (exact) mass is 383 g/mol. The van der Waals surface area contributed by atoms with Crippen molar-refractivity contribution in [2.75, 3.05) is 6.61 Å². The maximum absolute atomic E-state index is 12.9. The number of amides is 1. The van der Waals surface area contributed by atoms with Crippen molar-refractivity contribution < 1.29 is 27.1 Å². The van der Waals surface area contributed by atoms with Gasteiger partial charge in [0, 0.05) is 13.0 Å². The molecule has 146 valence electrons. The van der Waals surface area contributed by atoms with E-state index in [0.29, 0.717) is 12.1 Å². The number of benzene rings is 2. The van der Waals surface area contributed by atoms with Crippen LogP contribution in [0.15, 0.2) is 48.5 Å². The largest absolute Gasteiger partial charge is 0.411 e. The van der Waals surface area contributed by atoms with E-state index in [-0.39, 0.29) is 30.7 Å². The summed E-state index contributed by atoms with van der Waals surface area (Å²) >= 11 is 0. The van der Waals surface area contributed by atoms with Gasteiger partial charge in [-0.2, -0.15) is 13.2 Å². The van der Waals surface area contributed by atoms with Crippen LogP contribution >= 0.6 is 0 Å². The lowest BCUT2D eigenvalue weighted by Gasteiger charge is -2.12. The highest BCUT2D eigenvalue weighted by Crippen LogP contribution is 2.19. The van der Waals surface area contributed by atoms with Crippen LogP contribution in [0.25, 0.3) is 0 Å². The summed E-state index contributed by atoms with van der Waals surface area (Å²) in [6, 6.07) is 12.8. The van der Waals surface area contributed by atoms with Gasteiger partial charge in [0.1, 0.15) is 12.4 Å². The van der Waals surface area contributed by atoms with Crippen LogP contribution in [0.2, 0.25) is 0 Å². The van der Waals surface area contributed by atoms with Crippen molar-refractivity contribution in [1.29, 1.82) is 0 Å². The van der Waals surface area contributed by atoms with Crippen LogP contribution in [-0.4, -0.2) is 18.7 Å². The predicted molar refractivity (Wildman–Crippen MR) is 93.4 cm³/mol. The Morgan fingerprint density at radius 2 is 1.63 bits per heavy atom. The molecule has 3 nitrogen and oxygen atoms in total. The lowest BCUT2D eigenvalue weighted by Crippen LogP contribution is -2.24. The van der Waals surface area contributed by atoms with Crippen molar-refractivity contribution >= 4 is 5.91 Å². The van der Waals surface area contributed by atoms with Crippen LogP contribution in [0.1, 0.15) is 36.0 Å². The Hall–Kier alpha value is -2.41. The molecule has 7 heteroatoms. The summed E-state index contributed by atoms with van der Waals surface area (Å²) in [5.41, 5.74) is 2.34. The average molecular weight is 383 g/mol. The highest BCUT2D eigenvalue weighted by Gasteiger charge is 2.27. The molecule has 0 bridgehead atoms. The van der Waals surface area contributed by atoms with Crippen molar-refractivity contribution in [3.8, 4) is 0 Å². The highest BCUT2D eigenvalue weighted by atomic mass is 19.4. The van der Waals surface area contributed by atoms with Gasteiger partial charge in [0.15, 0.2) is 0 Å². The molecule has 0 aliphatic carbocycles. The summed E-state index contributed by atoms with van der Waals surface area (Å²) in [5.74, 6) is -0.495. The minimum Gasteiger partial charge on any atom is -0.367 e. The van der Waals surface area contributed by atoms with Crippen LogP contribution in [-0.2, 0) is 22.7 Å². The van der Waals surface area contributed by atoms with E-state index in [0.717, 1.165) is 11.1 Å². The molecule has 1 N–H and O–H groups in total. The number of alkyl halides is 3. The second-order valence-corrected chi connectivity index (χ2v) is 6.36. The van der Waals surface area contributed by atoms with Crippen molar-refractivity contribution in [2.45, 2.75) is 38.6 Å². The third-order valence-electron chi connectivity index (χ3n) is 3.98. The molecule has 2 rings (SSSR count). The molecule has 2 aromatic carbocycles. The van der Waals surface area contributed by atoms with E-state index in [1.165, 1.54) is 12.1 Å². The van der Waals surface area contributed by atoms with Gasteiger partial charge < -0.3 is 10.1 Å². The van der Waals surface area contributed by atoms with Gasteiger partial charge in [0.05, 0.1) is 6.61 Å². The van der Waals surface area contributed by atoms with Crippen LogP contribution in [0.5, 0.6) is 0 Å². The number of nitrogens with one attached hydrogen (secondary N) is 1. The summed E-state index contributed by atoms with van der Waals surface area (Å²) in [7, 11) is 0. The van der Waals surface area contributed by atoms with Crippen molar-refractivity contribution in [3.63, 3.8) is 0 Å². The molecule has 1 unspecified atom stereocenters. The zero-order chi connectivity index (χ0) is 19.9. The maximum Gasteiger partial charge on any atom is 0.411 e. The van der Waals surface area contributed by atoms with Crippen molar-refractivity contribution in [2.24, 2.45) is 0 Å². The lowest BCUT2D eigenvalue weighted by atomic mass is 9.97. The Labute approximate surface area is 155 Å². The van der Waals surface area contributed by atoms with Crippen LogP contribution < -0.4 is 5.32 Å². The molecular weight excluding hydrogens is 362 g/mol. The summed E-state index contributed by atoms with van der Waals surface area (Å²) < 4.78 is 53.6. The molecule has 0 fully saturated rings. The molecule has 0 spiro atoms. The first-order valence-electron chi connectivity index (χ1n) is 8.47. The Morgan fingerprint density at radius 1 is 1.04 bits per heavy atom. The van der Waals surface area contributed by atoms with E-state index in [9.17, 15) is 22.4 Å². The fraction of sp³-hybridized carbons (Fsp3) is 0.350. The third-order valence-corrected chi connectivity index (χ3v) is 3.98. The van der Waals surface area contributed by atoms with Crippen LogP contribution in [0.3, 0.4) is 0 Å². The summed E-state index contributed by atoms with van der Waals surface area (Å²) in [4.78, 5) is 12.1. The maximum atomic E-state index is 12.9. The number of halogens is 4. The Kier molecular flexibility index (Phi) is 7.36. The fourth-order valence-corrected chi connectivity index (χ4v) is 2.50. The smallest absolute Gasteiger partial charge is 0.367 e. The van der Waals surface area contributed by atoms with E-state index in [1.54, 1.807) is 36.4 Å².